The Hall–Kier alpha value is -1.35. The molecule has 2 rings (SSSR count). The number of carboxylic acid groups (broad SMARTS) is 1. The standard InChI is InChI=1S/C16H23NO2/c1-16(2,3)17-11-5-4-6-14(17)12-7-9-13(10-8-12)15(18)19/h7-10,14H,4-6,11H2,1-3H3,(H,18,19). The van der Waals surface area contributed by atoms with Crippen molar-refractivity contribution in [2.75, 3.05) is 6.54 Å². The molecular weight excluding hydrogens is 238 g/mol. The molecule has 0 radical (unpaired) electrons. The van der Waals surface area contributed by atoms with Crippen LogP contribution in [0.2, 0.25) is 0 Å². The molecule has 1 atom stereocenters. The molecule has 1 heterocycles. The third-order valence-corrected chi connectivity index (χ3v) is 3.91. The first-order chi connectivity index (χ1) is 8.89. The number of carbonyl (C=O) groups is 1. The number of hydrogen-bond acceptors (Lipinski definition) is 2. The van der Waals surface area contributed by atoms with Crippen molar-refractivity contribution in [3.8, 4) is 0 Å². The lowest BCUT2D eigenvalue weighted by Crippen LogP contribution is -2.46. The number of aromatic carboxylic acids is 1. The van der Waals surface area contributed by atoms with Crippen LogP contribution in [0.15, 0.2) is 24.3 Å². The Bertz CT molecular complexity index is 445. The molecule has 1 fully saturated rings. The topological polar surface area (TPSA) is 40.5 Å². The van der Waals surface area contributed by atoms with Gasteiger partial charge >= 0.3 is 5.97 Å². The van der Waals surface area contributed by atoms with Crippen molar-refractivity contribution in [3.05, 3.63) is 35.4 Å². The fourth-order valence-electron chi connectivity index (χ4n) is 2.93. The fraction of sp³-hybridized carbons (Fsp3) is 0.562. The summed E-state index contributed by atoms with van der Waals surface area (Å²) in [6.45, 7) is 7.86. The van der Waals surface area contributed by atoms with E-state index in [2.05, 4.69) is 25.7 Å². The molecule has 1 aliphatic rings. The van der Waals surface area contributed by atoms with Gasteiger partial charge in [0.1, 0.15) is 0 Å². The second-order valence-corrected chi connectivity index (χ2v) is 6.30. The van der Waals surface area contributed by atoms with Crippen LogP contribution < -0.4 is 0 Å². The molecule has 19 heavy (non-hydrogen) atoms. The molecule has 1 unspecified atom stereocenters. The Kier molecular flexibility index (Phi) is 3.95. The zero-order valence-electron chi connectivity index (χ0n) is 12.0. The van der Waals surface area contributed by atoms with E-state index in [1.807, 2.05) is 12.1 Å². The SMILES string of the molecule is CC(C)(C)N1CCCCC1c1ccc(C(=O)O)cc1. The van der Waals surface area contributed by atoms with Gasteiger partial charge in [0.2, 0.25) is 0 Å². The average Bonchev–Trinajstić information content (AvgIpc) is 2.38. The van der Waals surface area contributed by atoms with Gasteiger partial charge in [-0.15, -0.1) is 0 Å². The predicted molar refractivity (Wildman–Crippen MR) is 76.5 cm³/mol. The molecule has 1 aromatic rings. The molecule has 1 N–H and O–H groups in total. The van der Waals surface area contributed by atoms with E-state index in [1.165, 1.54) is 18.4 Å². The lowest BCUT2D eigenvalue weighted by molar-refractivity contribution is 0.0508. The maximum Gasteiger partial charge on any atom is 0.335 e. The van der Waals surface area contributed by atoms with Crippen molar-refractivity contribution in [3.63, 3.8) is 0 Å². The van der Waals surface area contributed by atoms with E-state index >= 15 is 0 Å². The summed E-state index contributed by atoms with van der Waals surface area (Å²) < 4.78 is 0. The first-order valence-corrected chi connectivity index (χ1v) is 6.99. The molecule has 0 aliphatic carbocycles. The normalized spacial score (nSPS) is 21.3. The smallest absolute Gasteiger partial charge is 0.335 e. The maximum absolute atomic E-state index is 10.9. The third-order valence-electron chi connectivity index (χ3n) is 3.91. The van der Waals surface area contributed by atoms with Gasteiger partial charge in [0.15, 0.2) is 0 Å². The lowest BCUT2D eigenvalue weighted by Gasteiger charge is -2.45. The number of piperidine rings is 1. The highest BCUT2D eigenvalue weighted by Crippen LogP contribution is 2.35. The van der Waals surface area contributed by atoms with Crippen molar-refractivity contribution in [1.29, 1.82) is 0 Å². The second kappa shape index (κ2) is 5.33. The number of rotatable bonds is 2. The van der Waals surface area contributed by atoms with Crippen molar-refractivity contribution < 1.29 is 9.90 Å². The minimum absolute atomic E-state index is 0.149. The third kappa shape index (κ3) is 3.16. The van der Waals surface area contributed by atoms with Gasteiger partial charge in [-0.25, -0.2) is 4.79 Å². The monoisotopic (exact) mass is 261 g/mol. The van der Waals surface area contributed by atoms with E-state index in [9.17, 15) is 4.79 Å². The van der Waals surface area contributed by atoms with Gasteiger partial charge in [-0.1, -0.05) is 18.6 Å². The maximum atomic E-state index is 10.9. The summed E-state index contributed by atoms with van der Waals surface area (Å²) in [6, 6.07) is 7.79. The van der Waals surface area contributed by atoms with E-state index in [0.29, 0.717) is 11.6 Å². The highest BCUT2D eigenvalue weighted by Gasteiger charge is 2.31. The van der Waals surface area contributed by atoms with Crippen LogP contribution in [0.3, 0.4) is 0 Å². The predicted octanol–water partition coefficient (Wildman–Crippen LogP) is 3.71. The molecule has 1 saturated heterocycles. The van der Waals surface area contributed by atoms with Crippen LogP contribution in [0.5, 0.6) is 0 Å². The summed E-state index contributed by atoms with van der Waals surface area (Å²) in [7, 11) is 0. The van der Waals surface area contributed by atoms with Gasteiger partial charge in [0.05, 0.1) is 5.56 Å². The van der Waals surface area contributed by atoms with Crippen LogP contribution in [0.25, 0.3) is 0 Å². The number of likely N-dealkylation sites (tertiary alicyclic amines) is 1. The number of benzene rings is 1. The molecule has 1 aromatic carbocycles. The Morgan fingerprint density at radius 3 is 2.37 bits per heavy atom. The molecule has 0 amide bonds. The van der Waals surface area contributed by atoms with Crippen molar-refractivity contribution in [2.24, 2.45) is 0 Å². The van der Waals surface area contributed by atoms with Crippen LogP contribution in [0.4, 0.5) is 0 Å². The first kappa shape index (κ1) is 14.1. The quantitative estimate of drug-likeness (QED) is 0.882. The van der Waals surface area contributed by atoms with E-state index in [4.69, 9.17) is 5.11 Å². The fourth-order valence-corrected chi connectivity index (χ4v) is 2.93. The zero-order valence-corrected chi connectivity index (χ0v) is 12.0. The summed E-state index contributed by atoms with van der Waals surface area (Å²) in [4.78, 5) is 13.4. The first-order valence-electron chi connectivity index (χ1n) is 6.99. The molecule has 104 valence electrons. The van der Waals surface area contributed by atoms with Gasteiger partial charge in [-0.2, -0.15) is 0 Å². The van der Waals surface area contributed by atoms with Crippen molar-refractivity contribution in [1.82, 2.24) is 4.90 Å². The summed E-state index contributed by atoms with van der Waals surface area (Å²) >= 11 is 0. The second-order valence-electron chi connectivity index (χ2n) is 6.30. The van der Waals surface area contributed by atoms with Crippen LogP contribution in [-0.4, -0.2) is 28.1 Å². The van der Waals surface area contributed by atoms with Gasteiger partial charge in [0.25, 0.3) is 0 Å². The van der Waals surface area contributed by atoms with Gasteiger partial charge in [-0.3, -0.25) is 4.90 Å². The highest BCUT2D eigenvalue weighted by molar-refractivity contribution is 5.87. The van der Waals surface area contributed by atoms with Crippen LogP contribution in [0, 0.1) is 0 Å². The molecule has 0 bridgehead atoms. The lowest BCUT2D eigenvalue weighted by atomic mass is 9.90. The zero-order chi connectivity index (χ0) is 14.0. The van der Waals surface area contributed by atoms with E-state index in [0.717, 1.165) is 13.0 Å². The summed E-state index contributed by atoms with van der Waals surface area (Å²) in [5, 5.41) is 8.96. The van der Waals surface area contributed by atoms with Gasteiger partial charge < -0.3 is 5.11 Å². The Labute approximate surface area is 115 Å². The van der Waals surface area contributed by atoms with Crippen molar-refractivity contribution >= 4 is 5.97 Å². The van der Waals surface area contributed by atoms with Crippen LogP contribution in [0.1, 0.15) is 62.0 Å². The minimum Gasteiger partial charge on any atom is -0.478 e. The summed E-state index contributed by atoms with van der Waals surface area (Å²) in [5.41, 5.74) is 1.75. The van der Waals surface area contributed by atoms with Crippen molar-refractivity contribution in [2.45, 2.75) is 51.6 Å². The molecule has 1 aliphatic heterocycles. The Morgan fingerprint density at radius 2 is 1.84 bits per heavy atom. The molecule has 3 heteroatoms. The largest absolute Gasteiger partial charge is 0.478 e. The number of carboxylic acids is 1. The molecule has 3 nitrogen and oxygen atoms in total. The van der Waals surface area contributed by atoms with E-state index < -0.39 is 5.97 Å². The summed E-state index contributed by atoms with van der Waals surface area (Å²) in [6.07, 6.45) is 3.66. The molecule has 0 spiro atoms. The van der Waals surface area contributed by atoms with E-state index in [-0.39, 0.29) is 5.54 Å². The Balaban J connectivity index is 2.25. The van der Waals surface area contributed by atoms with Crippen LogP contribution >= 0.6 is 0 Å². The highest BCUT2D eigenvalue weighted by atomic mass is 16.4. The minimum atomic E-state index is -0.858. The summed E-state index contributed by atoms with van der Waals surface area (Å²) in [5.74, 6) is -0.858. The van der Waals surface area contributed by atoms with E-state index in [1.54, 1.807) is 12.1 Å². The van der Waals surface area contributed by atoms with Gasteiger partial charge in [0, 0.05) is 11.6 Å². The molecule has 0 aromatic heterocycles. The molecular formula is C16H23NO2. The average molecular weight is 261 g/mol. The van der Waals surface area contributed by atoms with Gasteiger partial charge in [-0.05, 0) is 57.9 Å². The Morgan fingerprint density at radius 1 is 1.21 bits per heavy atom. The number of hydrogen-bond donors (Lipinski definition) is 1. The number of nitrogens with zero attached hydrogens (tertiary/aromatic N) is 1. The molecule has 0 saturated carbocycles. The van der Waals surface area contributed by atoms with Crippen LogP contribution in [-0.2, 0) is 0 Å².